The molecule has 0 unspecified atom stereocenters. The maximum atomic E-state index is 12.9. The number of anilines is 1. The number of rotatable bonds is 5. The number of amides is 1. The molecule has 0 bridgehead atoms. The first kappa shape index (κ1) is 19.8. The first-order valence-corrected chi connectivity index (χ1v) is 10.4. The SMILES string of the molecule is Cc1sc2ncn([C@H](C)C(=O)Nc3ccc(Oc4ccccc4)cc3)c(=O)c2c1C. The van der Waals surface area contributed by atoms with Gasteiger partial charge in [-0.25, -0.2) is 4.98 Å². The molecular formula is C23H21N3O3S. The molecule has 2 aromatic carbocycles. The Bertz CT molecular complexity index is 1260. The lowest BCUT2D eigenvalue weighted by molar-refractivity contribution is -0.118. The molecule has 0 saturated carbocycles. The van der Waals surface area contributed by atoms with Crippen molar-refractivity contribution < 1.29 is 9.53 Å². The molecule has 1 atom stereocenters. The Morgan fingerprint density at radius 1 is 1.07 bits per heavy atom. The van der Waals surface area contributed by atoms with Gasteiger partial charge in [0.2, 0.25) is 5.91 Å². The molecule has 4 aromatic rings. The molecule has 2 heterocycles. The first-order valence-electron chi connectivity index (χ1n) is 9.54. The Hall–Kier alpha value is -3.45. The second-order valence-corrected chi connectivity index (χ2v) is 8.23. The van der Waals surface area contributed by atoms with Crippen molar-refractivity contribution in [2.45, 2.75) is 26.8 Å². The third-order valence-electron chi connectivity index (χ3n) is 5.01. The molecule has 2 aromatic heterocycles. The fourth-order valence-corrected chi connectivity index (χ4v) is 4.12. The van der Waals surface area contributed by atoms with Crippen LogP contribution in [0.3, 0.4) is 0 Å². The van der Waals surface area contributed by atoms with Gasteiger partial charge in [-0.15, -0.1) is 11.3 Å². The van der Waals surface area contributed by atoms with Crippen molar-refractivity contribution in [3.8, 4) is 11.5 Å². The van der Waals surface area contributed by atoms with Crippen LogP contribution in [0.2, 0.25) is 0 Å². The van der Waals surface area contributed by atoms with Crippen molar-refractivity contribution in [2.75, 3.05) is 5.32 Å². The van der Waals surface area contributed by atoms with Crippen molar-refractivity contribution in [3.05, 3.63) is 81.7 Å². The highest BCUT2D eigenvalue weighted by molar-refractivity contribution is 7.18. The van der Waals surface area contributed by atoms with Crippen LogP contribution in [0.4, 0.5) is 5.69 Å². The van der Waals surface area contributed by atoms with E-state index in [2.05, 4.69) is 10.3 Å². The topological polar surface area (TPSA) is 73.2 Å². The van der Waals surface area contributed by atoms with Crippen molar-refractivity contribution in [3.63, 3.8) is 0 Å². The van der Waals surface area contributed by atoms with E-state index >= 15 is 0 Å². The number of thiophene rings is 1. The van der Waals surface area contributed by atoms with Crippen LogP contribution in [0, 0.1) is 13.8 Å². The summed E-state index contributed by atoms with van der Waals surface area (Å²) in [7, 11) is 0. The number of hydrogen-bond donors (Lipinski definition) is 1. The van der Waals surface area contributed by atoms with E-state index < -0.39 is 6.04 Å². The second-order valence-electron chi connectivity index (χ2n) is 7.03. The number of carbonyl (C=O) groups is 1. The highest BCUT2D eigenvalue weighted by Crippen LogP contribution is 2.26. The van der Waals surface area contributed by atoms with Gasteiger partial charge >= 0.3 is 0 Å². The standard InChI is InChI=1S/C23H21N3O3S/c1-14-16(3)30-22-20(14)23(28)26(13-24-22)15(2)21(27)25-17-9-11-19(12-10-17)29-18-7-5-4-6-8-18/h4-13,15H,1-3H3,(H,25,27)/t15-/m1/s1. The van der Waals surface area contributed by atoms with Gasteiger partial charge in [-0.3, -0.25) is 14.2 Å². The van der Waals surface area contributed by atoms with Crippen LogP contribution in [0.25, 0.3) is 10.2 Å². The van der Waals surface area contributed by atoms with E-state index in [-0.39, 0.29) is 11.5 Å². The number of carbonyl (C=O) groups excluding carboxylic acids is 1. The summed E-state index contributed by atoms with van der Waals surface area (Å²) in [6, 6.07) is 15.9. The maximum Gasteiger partial charge on any atom is 0.263 e. The third kappa shape index (κ3) is 3.84. The molecule has 0 fully saturated rings. The van der Waals surface area contributed by atoms with Crippen LogP contribution in [0.5, 0.6) is 11.5 Å². The molecule has 152 valence electrons. The fraction of sp³-hybridized carbons (Fsp3) is 0.174. The zero-order valence-electron chi connectivity index (χ0n) is 16.9. The highest BCUT2D eigenvalue weighted by atomic mass is 32.1. The van der Waals surface area contributed by atoms with Gasteiger partial charge in [0.15, 0.2) is 0 Å². The van der Waals surface area contributed by atoms with E-state index in [0.717, 1.165) is 16.2 Å². The van der Waals surface area contributed by atoms with Crippen LogP contribution in [0.15, 0.2) is 65.7 Å². The van der Waals surface area contributed by atoms with Crippen LogP contribution in [-0.2, 0) is 4.79 Å². The number of nitrogens with one attached hydrogen (secondary N) is 1. The smallest absolute Gasteiger partial charge is 0.263 e. The molecule has 0 aliphatic carbocycles. The Kier molecular flexibility index (Phi) is 5.37. The highest BCUT2D eigenvalue weighted by Gasteiger charge is 2.20. The number of benzene rings is 2. The number of para-hydroxylation sites is 1. The van der Waals surface area contributed by atoms with Crippen molar-refractivity contribution >= 4 is 33.1 Å². The van der Waals surface area contributed by atoms with Gasteiger partial charge in [-0.2, -0.15) is 0 Å². The van der Waals surface area contributed by atoms with Gasteiger partial charge in [-0.05, 0) is 62.7 Å². The van der Waals surface area contributed by atoms with Crippen LogP contribution in [-0.4, -0.2) is 15.5 Å². The molecule has 0 radical (unpaired) electrons. The minimum absolute atomic E-state index is 0.198. The van der Waals surface area contributed by atoms with Crippen LogP contribution >= 0.6 is 11.3 Å². The van der Waals surface area contributed by atoms with E-state index in [0.29, 0.717) is 21.7 Å². The lowest BCUT2D eigenvalue weighted by Crippen LogP contribution is -2.31. The monoisotopic (exact) mass is 419 g/mol. The van der Waals surface area contributed by atoms with E-state index in [4.69, 9.17) is 4.74 Å². The van der Waals surface area contributed by atoms with E-state index in [1.165, 1.54) is 22.2 Å². The molecule has 4 rings (SSSR count). The Morgan fingerprint density at radius 2 is 1.73 bits per heavy atom. The summed E-state index contributed by atoms with van der Waals surface area (Å²) in [6.45, 7) is 5.56. The molecule has 1 amide bonds. The largest absolute Gasteiger partial charge is 0.457 e. The summed E-state index contributed by atoms with van der Waals surface area (Å²) in [4.78, 5) is 31.8. The molecule has 0 aliphatic heterocycles. The summed E-state index contributed by atoms with van der Waals surface area (Å²) in [5.74, 6) is 1.12. The van der Waals surface area contributed by atoms with Gasteiger partial charge in [0, 0.05) is 10.6 Å². The lowest BCUT2D eigenvalue weighted by Gasteiger charge is -2.15. The Morgan fingerprint density at radius 3 is 2.43 bits per heavy atom. The quantitative estimate of drug-likeness (QED) is 0.490. The van der Waals surface area contributed by atoms with Gasteiger partial charge in [-0.1, -0.05) is 18.2 Å². The molecular weight excluding hydrogens is 398 g/mol. The average molecular weight is 420 g/mol. The van der Waals surface area contributed by atoms with E-state index in [9.17, 15) is 9.59 Å². The zero-order valence-corrected chi connectivity index (χ0v) is 17.7. The minimum atomic E-state index is -0.700. The van der Waals surface area contributed by atoms with Crippen LogP contribution < -0.4 is 15.6 Å². The molecule has 30 heavy (non-hydrogen) atoms. The van der Waals surface area contributed by atoms with E-state index in [1.54, 1.807) is 31.2 Å². The molecule has 0 saturated heterocycles. The summed E-state index contributed by atoms with van der Waals surface area (Å²) in [6.07, 6.45) is 1.45. The molecule has 6 nitrogen and oxygen atoms in total. The summed E-state index contributed by atoms with van der Waals surface area (Å²) < 4.78 is 7.14. The number of nitrogens with zero attached hydrogens (tertiary/aromatic N) is 2. The number of fused-ring (bicyclic) bond motifs is 1. The predicted octanol–water partition coefficient (Wildman–Crippen LogP) is 5.07. The Labute approximate surface area is 177 Å². The van der Waals surface area contributed by atoms with Crippen LogP contribution in [0.1, 0.15) is 23.4 Å². The number of hydrogen-bond acceptors (Lipinski definition) is 5. The fourth-order valence-electron chi connectivity index (χ4n) is 3.13. The van der Waals surface area contributed by atoms with Gasteiger partial charge in [0.25, 0.3) is 5.56 Å². The number of aryl methyl sites for hydroxylation is 2. The molecule has 0 spiro atoms. The minimum Gasteiger partial charge on any atom is -0.457 e. The van der Waals surface area contributed by atoms with Crippen molar-refractivity contribution in [1.82, 2.24) is 9.55 Å². The van der Waals surface area contributed by atoms with E-state index in [1.807, 2.05) is 44.2 Å². The lowest BCUT2D eigenvalue weighted by atomic mass is 10.2. The number of ether oxygens (including phenoxy) is 1. The zero-order chi connectivity index (χ0) is 21.3. The van der Waals surface area contributed by atoms with Gasteiger partial charge < -0.3 is 10.1 Å². The third-order valence-corrected chi connectivity index (χ3v) is 6.13. The van der Waals surface area contributed by atoms with Crippen molar-refractivity contribution in [1.29, 1.82) is 0 Å². The molecule has 0 aliphatic rings. The molecule has 7 heteroatoms. The maximum absolute atomic E-state index is 12.9. The summed E-state index contributed by atoms with van der Waals surface area (Å²) >= 11 is 1.49. The Balaban J connectivity index is 1.50. The summed E-state index contributed by atoms with van der Waals surface area (Å²) in [5, 5.41) is 3.43. The first-order chi connectivity index (χ1) is 14.4. The van der Waals surface area contributed by atoms with Gasteiger partial charge in [0.1, 0.15) is 22.4 Å². The number of aromatic nitrogens is 2. The molecule has 1 N–H and O–H groups in total. The summed E-state index contributed by atoms with van der Waals surface area (Å²) in [5.41, 5.74) is 1.34. The second kappa shape index (κ2) is 8.12. The average Bonchev–Trinajstić information content (AvgIpc) is 3.04. The predicted molar refractivity (Wildman–Crippen MR) is 120 cm³/mol. The normalized spacial score (nSPS) is 12.0. The van der Waals surface area contributed by atoms with Crippen molar-refractivity contribution in [2.24, 2.45) is 0 Å². The van der Waals surface area contributed by atoms with Gasteiger partial charge in [0.05, 0.1) is 11.7 Å².